The van der Waals surface area contributed by atoms with Crippen molar-refractivity contribution in [2.75, 3.05) is 20.1 Å². The first-order valence-electron chi connectivity index (χ1n) is 10.4. The minimum atomic E-state index is -0.607. The molecule has 0 saturated carbocycles. The van der Waals surface area contributed by atoms with Crippen molar-refractivity contribution in [3.8, 4) is 6.07 Å². The predicted molar refractivity (Wildman–Crippen MR) is 126 cm³/mol. The van der Waals surface area contributed by atoms with Crippen LogP contribution in [0.3, 0.4) is 0 Å². The van der Waals surface area contributed by atoms with Gasteiger partial charge in [0, 0.05) is 37.8 Å². The summed E-state index contributed by atoms with van der Waals surface area (Å²) < 4.78 is 13.7. The van der Waals surface area contributed by atoms with E-state index in [1.54, 1.807) is 48.3 Å². The van der Waals surface area contributed by atoms with Gasteiger partial charge in [0.05, 0.1) is 39.5 Å². The summed E-state index contributed by atoms with van der Waals surface area (Å²) in [4.78, 5) is 33.3. The number of hydrogen-bond donors (Lipinski definition) is 0. The lowest BCUT2D eigenvalue weighted by Gasteiger charge is -2.29. The number of likely N-dealkylation sites (tertiary alicyclic amines) is 1. The van der Waals surface area contributed by atoms with Crippen LogP contribution in [0.4, 0.5) is 4.39 Å². The van der Waals surface area contributed by atoms with E-state index in [-0.39, 0.29) is 23.9 Å². The van der Waals surface area contributed by atoms with Crippen molar-refractivity contribution in [2.45, 2.75) is 12.0 Å². The highest BCUT2D eigenvalue weighted by Crippen LogP contribution is 2.35. The molecule has 172 valence electrons. The highest BCUT2D eigenvalue weighted by atomic mass is 35.5. The van der Waals surface area contributed by atoms with Gasteiger partial charge >= 0.3 is 0 Å². The molecule has 4 rings (SSSR count). The Hall–Kier alpha value is -3.47. The van der Waals surface area contributed by atoms with Crippen LogP contribution < -0.4 is 0 Å². The lowest BCUT2D eigenvalue weighted by Crippen LogP contribution is -2.42. The topological polar surface area (TPSA) is 77.3 Å². The Labute approximate surface area is 206 Å². The van der Waals surface area contributed by atoms with Crippen molar-refractivity contribution < 1.29 is 14.0 Å². The van der Waals surface area contributed by atoms with Gasteiger partial charge in [0.15, 0.2) is 0 Å². The number of amides is 2. The van der Waals surface area contributed by atoms with Crippen molar-refractivity contribution in [1.82, 2.24) is 14.8 Å². The first-order chi connectivity index (χ1) is 16.3. The summed E-state index contributed by atoms with van der Waals surface area (Å²) in [5.41, 5.74) is 1.84. The first kappa shape index (κ1) is 23.7. The van der Waals surface area contributed by atoms with E-state index in [1.165, 1.54) is 11.1 Å². The molecule has 0 radical (unpaired) electrons. The third-order valence-electron chi connectivity index (χ3n) is 5.98. The molecule has 2 atom stereocenters. The normalized spacial score (nSPS) is 17.3. The third-order valence-corrected chi connectivity index (χ3v) is 6.72. The van der Waals surface area contributed by atoms with Gasteiger partial charge in [0.1, 0.15) is 5.82 Å². The average molecular weight is 497 g/mol. The molecule has 1 fully saturated rings. The Morgan fingerprint density at radius 1 is 1.06 bits per heavy atom. The lowest BCUT2D eigenvalue weighted by molar-refractivity contribution is 0.0695. The van der Waals surface area contributed by atoms with E-state index in [4.69, 9.17) is 28.5 Å². The molecule has 3 aromatic rings. The van der Waals surface area contributed by atoms with Crippen LogP contribution in [0.15, 0.2) is 60.9 Å². The van der Waals surface area contributed by atoms with Crippen LogP contribution in [-0.4, -0.2) is 52.8 Å². The molecule has 1 aliphatic rings. The van der Waals surface area contributed by atoms with Crippen LogP contribution in [0, 0.1) is 17.1 Å². The molecule has 9 heteroatoms. The number of hydrogen-bond acceptors (Lipinski definition) is 4. The van der Waals surface area contributed by atoms with Gasteiger partial charge in [-0.15, -0.1) is 0 Å². The molecular formula is C25H19Cl2FN4O2. The molecule has 6 nitrogen and oxygen atoms in total. The number of carbonyl (C=O) groups is 2. The van der Waals surface area contributed by atoms with E-state index < -0.39 is 17.8 Å². The Kier molecular flexibility index (Phi) is 6.82. The summed E-state index contributed by atoms with van der Waals surface area (Å²) >= 11 is 12.3. The van der Waals surface area contributed by atoms with E-state index in [2.05, 4.69) is 4.98 Å². The van der Waals surface area contributed by atoms with E-state index in [0.29, 0.717) is 27.7 Å². The third kappa shape index (κ3) is 4.74. The molecule has 2 amide bonds. The first-order valence-corrected chi connectivity index (χ1v) is 11.2. The summed E-state index contributed by atoms with van der Waals surface area (Å²) in [6, 6.07) is 14.4. The minimum absolute atomic E-state index is 0.118. The molecular weight excluding hydrogens is 478 g/mol. The van der Waals surface area contributed by atoms with Gasteiger partial charge in [-0.1, -0.05) is 29.3 Å². The number of nitriles is 1. The van der Waals surface area contributed by atoms with Crippen molar-refractivity contribution >= 4 is 35.0 Å². The van der Waals surface area contributed by atoms with Crippen LogP contribution in [0.1, 0.15) is 37.8 Å². The van der Waals surface area contributed by atoms with Gasteiger partial charge < -0.3 is 9.80 Å². The fourth-order valence-corrected chi connectivity index (χ4v) is 4.47. The highest BCUT2D eigenvalue weighted by molar-refractivity contribution is 6.42. The molecule has 0 aliphatic carbocycles. The largest absolute Gasteiger partial charge is 0.336 e. The standard InChI is InChI=1S/C25H19Cl2FN4O2/c1-31(24(33)18-8-19(28)12-30-11-18)23-14-32(25(34)16-4-2-15(10-29)3-5-16)13-20(23)17-6-7-21(26)22(27)9-17/h2-9,11-12,20,23H,13-14H2,1H3/t20-,23+/m0/s1. The Bertz CT molecular complexity index is 1290. The van der Waals surface area contributed by atoms with Gasteiger partial charge in [-0.25, -0.2) is 4.39 Å². The van der Waals surface area contributed by atoms with Crippen LogP contribution in [0.25, 0.3) is 0 Å². The fraction of sp³-hybridized carbons (Fsp3) is 0.200. The van der Waals surface area contributed by atoms with Crippen molar-refractivity contribution in [2.24, 2.45) is 0 Å². The smallest absolute Gasteiger partial charge is 0.255 e. The maximum Gasteiger partial charge on any atom is 0.255 e. The molecule has 1 aromatic heterocycles. The number of rotatable bonds is 4. The predicted octanol–water partition coefficient (Wildman–Crippen LogP) is 4.78. The molecule has 0 bridgehead atoms. The van der Waals surface area contributed by atoms with Gasteiger partial charge in [-0.2, -0.15) is 5.26 Å². The van der Waals surface area contributed by atoms with Crippen LogP contribution >= 0.6 is 23.2 Å². The minimum Gasteiger partial charge on any atom is -0.336 e. The summed E-state index contributed by atoms with van der Waals surface area (Å²) in [5.74, 6) is -1.49. The number of benzene rings is 2. The van der Waals surface area contributed by atoms with Gasteiger partial charge in [-0.05, 0) is 48.0 Å². The van der Waals surface area contributed by atoms with Gasteiger partial charge in [0.25, 0.3) is 11.8 Å². The second-order valence-corrected chi connectivity index (χ2v) is 8.87. The van der Waals surface area contributed by atoms with Crippen LogP contribution in [-0.2, 0) is 0 Å². The van der Waals surface area contributed by atoms with E-state index in [0.717, 1.165) is 17.8 Å². The summed E-state index contributed by atoms with van der Waals surface area (Å²) in [6.07, 6.45) is 2.34. The second-order valence-electron chi connectivity index (χ2n) is 8.05. The zero-order valence-electron chi connectivity index (χ0n) is 18.1. The molecule has 0 spiro atoms. The molecule has 1 aliphatic heterocycles. The Balaban J connectivity index is 1.66. The lowest BCUT2D eigenvalue weighted by atomic mass is 9.93. The average Bonchev–Trinajstić information content (AvgIpc) is 3.30. The Morgan fingerprint density at radius 3 is 2.44 bits per heavy atom. The number of halogens is 3. The van der Waals surface area contributed by atoms with Gasteiger partial charge in [-0.3, -0.25) is 14.6 Å². The van der Waals surface area contributed by atoms with Crippen molar-refractivity contribution in [3.05, 3.63) is 99.0 Å². The maximum absolute atomic E-state index is 13.7. The number of pyridine rings is 1. The number of aromatic nitrogens is 1. The zero-order valence-corrected chi connectivity index (χ0v) is 19.6. The molecule has 0 N–H and O–H groups in total. The van der Waals surface area contributed by atoms with Gasteiger partial charge in [0.2, 0.25) is 0 Å². The van der Waals surface area contributed by atoms with Crippen molar-refractivity contribution in [1.29, 1.82) is 5.26 Å². The maximum atomic E-state index is 13.7. The zero-order chi connectivity index (χ0) is 24.4. The highest BCUT2D eigenvalue weighted by Gasteiger charge is 2.40. The second kappa shape index (κ2) is 9.80. The summed E-state index contributed by atoms with van der Waals surface area (Å²) in [5, 5.41) is 9.79. The monoisotopic (exact) mass is 496 g/mol. The van der Waals surface area contributed by atoms with Crippen LogP contribution in [0.5, 0.6) is 0 Å². The fourth-order valence-electron chi connectivity index (χ4n) is 4.17. The number of likely N-dealkylation sites (N-methyl/N-ethyl adjacent to an activating group) is 1. The molecule has 0 unspecified atom stereocenters. The Morgan fingerprint density at radius 2 is 1.79 bits per heavy atom. The van der Waals surface area contributed by atoms with Crippen molar-refractivity contribution in [3.63, 3.8) is 0 Å². The number of nitrogens with zero attached hydrogens (tertiary/aromatic N) is 4. The molecule has 2 heterocycles. The summed E-state index contributed by atoms with van der Waals surface area (Å²) in [7, 11) is 1.62. The SMILES string of the molecule is CN(C(=O)c1cncc(F)c1)[C@@H]1CN(C(=O)c2ccc(C#N)cc2)C[C@H]1c1ccc(Cl)c(Cl)c1. The van der Waals surface area contributed by atoms with E-state index in [1.807, 2.05) is 12.1 Å². The molecule has 2 aromatic carbocycles. The summed E-state index contributed by atoms with van der Waals surface area (Å²) in [6.45, 7) is 0.592. The van der Waals surface area contributed by atoms with Crippen LogP contribution in [0.2, 0.25) is 10.0 Å². The molecule has 34 heavy (non-hydrogen) atoms. The number of carbonyl (C=O) groups excluding carboxylic acids is 2. The van der Waals surface area contributed by atoms with E-state index in [9.17, 15) is 14.0 Å². The van der Waals surface area contributed by atoms with E-state index >= 15 is 0 Å². The quantitative estimate of drug-likeness (QED) is 0.520. The molecule has 1 saturated heterocycles.